The fourth-order valence-corrected chi connectivity index (χ4v) is 3.06. The molecule has 0 saturated heterocycles. The van der Waals surface area contributed by atoms with Crippen molar-refractivity contribution in [3.05, 3.63) is 16.7 Å². The Morgan fingerprint density at radius 2 is 2.10 bits per heavy atom. The number of hydrogen-bond donors (Lipinski definition) is 1. The van der Waals surface area contributed by atoms with Crippen LogP contribution < -0.4 is 4.74 Å². The molecule has 3 rings (SSSR count). The van der Waals surface area contributed by atoms with E-state index in [4.69, 9.17) is 9.84 Å². The number of carboxylic acid groups (broad SMARTS) is 1. The smallest absolute Gasteiger partial charge is 0.306 e. The lowest BCUT2D eigenvalue weighted by atomic mass is 9.87. The lowest BCUT2D eigenvalue weighted by Crippen LogP contribution is -2.28. The highest BCUT2D eigenvalue weighted by Crippen LogP contribution is 2.30. The normalized spacial score (nSPS) is 22.4. The van der Waals surface area contributed by atoms with E-state index >= 15 is 0 Å². The molecule has 1 fully saturated rings. The van der Waals surface area contributed by atoms with Crippen LogP contribution in [0.5, 0.6) is 5.88 Å². The van der Waals surface area contributed by atoms with E-state index in [2.05, 4.69) is 26.0 Å². The molecule has 0 unspecified atom stereocenters. The second-order valence-electron chi connectivity index (χ2n) is 5.36. The Bertz CT molecular complexity index is 677. The van der Waals surface area contributed by atoms with Crippen molar-refractivity contribution >= 4 is 32.9 Å². The quantitative estimate of drug-likeness (QED) is 0.858. The van der Waals surface area contributed by atoms with Gasteiger partial charge in [0.2, 0.25) is 0 Å². The number of carbonyl (C=O) groups is 1. The summed E-state index contributed by atoms with van der Waals surface area (Å²) in [5.74, 6) is -0.424. The molecule has 0 spiro atoms. The van der Waals surface area contributed by atoms with E-state index in [1.54, 1.807) is 4.68 Å². The van der Waals surface area contributed by atoms with Crippen molar-refractivity contribution in [3.63, 3.8) is 0 Å². The minimum Gasteiger partial charge on any atom is -0.481 e. The third-order valence-electron chi connectivity index (χ3n) is 3.93. The number of aromatic nitrogens is 3. The van der Waals surface area contributed by atoms with Crippen LogP contribution in [0.3, 0.4) is 0 Å². The van der Waals surface area contributed by atoms with Gasteiger partial charge in [-0.3, -0.25) is 9.48 Å². The van der Waals surface area contributed by atoms with Gasteiger partial charge < -0.3 is 9.84 Å². The van der Waals surface area contributed by atoms with Crippen LogP contribution in [-0.2, 0) is 11.8 Å². The van der Waals surface area contributed by atoms with E-state index in [1.165, 1.54) is 0 Å². The summed E-state index contributed by atoms with van der Waals surface area (Å²) in [6.07, 6.45) is 2.80. The SMILES string of the molecule is Cn1nc(OC2CCC(C(=O)O)CC2)c2nc(Br)ccc21. The maximum Gasteiger partial charge on any atom is 0.306 e. The van der Waals surface area contributed by atoms with E-state index in [1.807, 2.05) is 19.2 Å². The summed E-state index contributed by atoms with van der Waals surface area (Å²) in [6, 6.07) is 3.81. The molecular weight excluding hydrogens is 338 g/mol. The van der Waals surface area contributed by atoms with Crippen LogP contribution in [0.1, 0.15) is 25.7 Å². The van der Waals surface area contributed by atoms with E-state index in [0.717, 1.165) is 28.5 Å². The van der Waals surface area contributed by atoms with Crippen LogP contribution in [0.2, 0.25) is 0 Å². The molecule has 21 heavy (non-hydrogen) atoms. The lowest BCUT2D eigenvalue weighted by Gasteiger charge is -2.25. The number of aryl methyl sites for hydroxylation is 1. The van der Waals surface area contributed by atoms with Crippen LogP contribution >= 0.6 is 15.9 Å². The molecule has 1 N–H and O–H groups in total. The minimum absolute atomic E-state index is 0.0134. The molecule has 1 aliphatic carbocycles. The van der Waals surface area contributed by atoms with Crippen LogP contribution in [-0.4, -0.2) is 31.9 Å². The molecule has 0 bridgehead atoms. The van der Waals surface area contributed by atoms with Gasteiger partial charge in [0, 0.05) is 7.05 Å². The maximum atomic E-state index is 11.0. The number of nitrogens with zero attached hydrogens (tertiary/aromatic N) is 3. The van der Waals surface area contributed by atoms with Gasteiger partial charge in [-0.05, 0) is 53.7 Å². The number of halogens is 1. The maximum absolute atomic E-state index is 11.0. The van der Waals surface area contributed by atoms with Gasteiger partial charge >= 0.3 is 5.97 Å². The standard InChI is InChI=1S/C14H16BrN3O3/c1-18-10-6-7-11(15)16-12(10)13(17-18)21-9-4-2-8(3-5-9)14(19)20/h6-9H,2-5H2,1H3,(H,19,20). The highest BCUT2D eigenvalue weighted by Gasteiger charge is 2.28. The molecule has 7 heteroatoms. The molecule has 0 aliphatic heterocycles. The molecule has 2 aromatic rings. The third-order valence-corrected chi connectivity index (χ3v) is 4.38. The number of ether oxygens (including phenoxy) is 1. The topological polar surface area (TPSA) is 77.2 Å². The Hall–Kier alpha value is -1.63. The first-order valence-corrected chi connectivity index (χ1v) is 7.72. The predicted octanol–water partition coefficient (Wildman–Crippen LogP) is 2.75. The van der Waals surface area contributed by atoms with Crippen molar-refractivity contribution in [1.82, 2.24) is 14.8 Å². The van der Waals surface area contributed by atoms with Gasteiger partial charge in [-0.15, -0.1) is 5.10 Å². The first kappa shape index (κ1) is 14.3. The van der Waals surface area contributed by atoms with Crippen molar-refractivity contribution in [1.29, 1.82) is 0 Å². The van der Waals surface area contributed by atoms with Gasteiger partial charge in [0.05, 0.1) is 11.4 Å². The zero-order valence-corrected chi connectivity index (χ0v) is 13.2. The van der Waals surface area contributed by atoms with E-state index in [-0.39, 0.29) is 12.0 Å². The van der Waals surface area contributed by atoms with Crippen LogP contribution in [0.4, 0.5) is 0 Å². The number of aliphatic carboxylic acids is 1. The number of pyridine rings is 1. The largest absolute Gasteiger partial charge is 0.481 e. The molecule has 0 aromatic carbocycles. The Morgan fingerprint density at radius 3 is 2.76 bits per heavy atom. The lowest BCUT2D eigenvalue weighted by molar-refractivity contribution is -0.143. The van der Waals surface area contributed by atoms with Crippen LogP contribution in [0.25, 0.3) is 11.0 Å². The van der Waals surface area contributed by atoms with Crippen LogP contribution in [0.15, 0.2) is 16.7 Å². The van der Waals surface area contributed by atoms with Crippen molar-refractivity contribution in [2.45, 2.75) is 31.8 Å². The van der Waals surface area contributed by atoms with Crippen molar-refractivity contribution in [3.8, 4) is 5.88 Å². The number of fused-ring (bicyclic) bond motifs is 1. The van der Waals surface area contributed by atoms with E-state index < -0.39 is 5.97 Å². The molecule has 6 nitrogen and oxygen atoms in total. The number of carboxylic acids is 1. The average Bonchev–Trinajstić information content (AvgIpc) is 2.75. The van der Waals surface area contributed by atoms with Crippen molar-refractivity contribution < 1.29 is 14.6 Å². The zero-order chi connectivity index (χ0) is 15.0. The van der Waals surface area contributed by atoms with Gasteiger partial charge in [0.25, 0.3) is 5.88 Å². The third kappa shape index (κ3) is 2.88. The summed E-state index contributed by atoms with van der Waals surface area (Å²) in [5.41, 5.74) is 1.64. The highest BCUT2D eigenvalue weighted by molar-refractivity contribution is 9.10. The molecule has 0 amide bonds. The Kier molecular flexibility index (Phi) is 3.84. The average molecular weight is 354 g/mol. The van der Waals surface area contributed by atoms with Crippen molar-refractivity contribution in [2.24, 2.45) is 13.0 Å². The predicted molar refractivity (Wildman–Crippen MR) is 80.2 cm³/mol. The molecular formula is C14H16BrN3O3. The molecule has 1 aliphatic rings. The molecule has 112 valence electrons. The number of hydrogen-bond acceptors (Lipinski definition) is 4. The Balaban J connectivity index is 1.77. The molecule has 2 heterocycles. The van der Waals surface area contributed by atoms with Gasteiger partial charge in [-0.25, -0.2) is 4.98 Å². The second kappa shape index (κ2) is 5.63. The zero-order valence-electron chi connectivity index (χ0n) is 11.6. The molecule has 2 aromatic heterocycles. The van der Waals surface area contributed by atoms with E-state index in [9.17, 15) is 4.79 Å². The summed E-state index contributed by atoms with van der Waals surface area (Å²) < 4.78 is 8.45. The Labute approximate surface area is 130 Å². The fraction of sp³-hybridized carbons (Fsp3) is 0.500. The van der Waals surface area contributed by atoms with E-state index in [0.29, 0.717) is 18.7 Å². The van der Waals surface area contributed by atoms with Crippen molar-refractivity contribution in [2.75, 3.05) is 0 Å². The highest BCUT2D eigenvalue weighted by atomic mass is 79.9. The summed E-state index contributed by atoms with van der Waals surface area (Å²) in [7, 11) is 1.85. The Morgan fingerprint density at radius 1 is 1.38 bits per heavy atom. The second-order valence-corrected chi connectivity index (χ2v) is 6.17. The molecule has 0 radical (unpaired) electrons. The summed E-state index contributed by atoms with van der Waals surface area (Å²) in [4.78, 5) is 15.4. The summed E-state index contributed by atoms with van der Waals surface area (Å²) in [5, 5.41) is 13.4. The minimum atomic E-state index is -0.706. The van der Waals surface area contributed by atoms with Gasteiger partial charge in [-0.1, -0.05) is 0 Å². The molecule has 1 saturated carbocycles. The van der Waals surface area contributed by atoms with Gasteiger partial charge in [-0.2, -0.15) is 0 Å². The molecule has 0 atom stereocenters. The van der Waals surface area contributed by atoms with Crippen LogP contribution in [0, 0.1) is 5.92 Å². The first-order chi connectivity index (χ1) is 10.0. The number of rotatable bonds is 3. The fourth-order valence-electron chi connectivity index (χ4n) is 2.75. The van der Waals surface area contributed by atoms with Gasteiger partial charge in [0.1, 0.15) is 10.7 Å². The first-order valence-electron chi connectivity index (χ1n) is 6.93. The summed E-state index contributed by atoms with van der Waals surface area (Å²) in [6.45, 7) is 0. The van der Waals surface area contributed by atoms with Gasteiger partial charge in [0.15, 0.2) is 5.52 Å². The summed E-state index contributed by atoms with van der Waals surface area (Å²) >= 11 is 3.36. The monoisotopic (exact) mass is 353 g/mol.